The van der Waals surface area contributed by atoms with Gasteiger partial charge in [0.15, 0.2) is 0 Å². The van der Waals surface area contributed by atoms with E-state index in [0.29, 0.717) is 39.6 Å². The van der Waals surface area contributed by atoms with Crippen molar-refractivity contribution in [1.82, 2.24) is 34.0 Å². The van der Waals surface area contributed by atoms with Gasteiger partial charge in [-0.2, -0.15) is 26.3 Å². The molecule has 310 valence electrons. The maximum Gasteiger partial charge on any atom is 0.423 e. The Kier molecular flexibility index (Phi) is 13.7. The highest BCUT2D eigenvalue weighted by molar-refractivity contribution is 6.31. The lowest BCUT2D eigenvalue weighted by Crippen LogP contribution is -2.36. The maximum atomic E-state index is 12.6. The van der Waals surface area contributed by atoms with Gasteiger partial charge < -0.3 is 39.8 Å². The number of aromatic nitrogens is 6. The molecule has 6 atom stereocenters. The van der Waals surface area contributed by atoms with Gasteiger partial charge in [-0.05, 0) is 6.42 Å². The molecular weight excluding hydrogens is 802 g/mol. The zero-order chi connectivity index (χ0) is 41.9. The number of hydrogen-bond acceptors (Lipinski definition) is 13. The Morgan fingerprint density at radius 1 is 0.750 bits per heavy atom. The minimum atomic E-state index is -4.92. The summed E-state index contributed by atoms with van der Waals surface area (Å²) in [7, 11) is 0. The molecule has 3 saturated heterocycles. The summed E-state index contributed by atoms with van der Waals surface area (Å²) in [4.78, 5) is 77.0. The zero-order valence-electron chi connectivity index (χ0n) is 28.3. The summed E-state index contributed by atoms with van der Waals surface area (Å²) in [5.74, 6) is 0.511. The first-order valence-corrected chi connectivity index (χ1v) is 16.5. The number of rotatable bonds is 6. The highest BCUT2D eigenvalue weighted by Gasteiger charge is 2.40. The molecule has 0 spiro atoms. The van der Waals surface area contributed by atoms with Crippen LogP contribution in [0.1, 0.15) is 55.0 Å². The van der Waals surface area contributed by atoms with Crippen molar-refractivity contribution in [2.45, 2.75) is 81.5 Å². The van der Waals surface area contributed by atoms with E-state index in [4.69, 9.17) is 36.7 Å². The fraction of sp³-hybridized carbons (Fsp3) is 0.552. The van der Waals surface area contributed by atoms with Crippen LogP contribution in [0.25, 0.3) is 0 Å². The SMILES string of the molecule is N=C1CCCN1Cc1[nH]c(=O)[nH]c(=O)c1Cl.O=c1[nH]c(=O)n([C@H]2C[C@H](O)[C@@H](CO)O2)cc1C(F)(F)F.O=c1[nH]c(=O)n([C@H]2C[C@H](O)[C@@H](CO)O2)cc1C(F)(F)F. The Morgan fingerprint density at radius 3 is 1.55 bits per heavy atom. The van der Waals surface area contributed by atoms with Crippen molar-refractivity contribution in [1.29, 1.82) is 5.41 Å². The molecule has 6 rings (SSSR count). The smallest absolute Gasteiger partial charge is 0.394 e. The van der Waals surface area contributed by atoms with Gasteiger partial charge in [0.2, 0.25) is 0 Å². The van der Waals surface area contributed by atoms with E-state index in [2.05, 4.69) is 4.98 Å². The minimum absolute atomic E-state index is 0.0145. The summed E-state index contributed by atoms with van der Waals surface area (Å²) >= 11 is 5.78. The van der Waals surface area contributed by atoms with Gasteiger partial charge in [-0.15, -0.1) is 0 Å². The summed E-state index contributed by atoms with van der Waals surface area (Å²) < 4.78 is 86.8. The van der Waals surface area contributed by atoms with Crippen LogP contribution in [-0.4, -0.2) is 104 Å². The lowest BCUT2D eigenvalue weighted by molar-refractivity contribution is -0.140. The van der Waals surface area contributed by atoms with E-state index in [1.165, 1.54) is 0 Å². The topological polar surface area (TPSA) is 302 Å². The van der Waals surface area contributed by atoms with Gasteiger partial charge in [-0.1, -0.05) is 11.6 Å². The van der Waals surface area contributed by atoms with Crippen LogP contribution in [0.3, 0.4) is 0 Å². The number of H-pyrrole nitrogens is 4. The monoisotopic (exact) mass is 834 g/mol. The average molecular weight is 835 g/mol. The Balaban J connectivity index is 0.000000188. The van der Waals surface area contributed by atoms with E-state index in [9.17, 15) is 65.3 Å². The van der Waals surface area contributed by atoms with Gasteiger partial charge in [-0.25, -0.2) is 14.4 Å². The molecule has 0 bridgehead atoms. The second-order valence-electron chi connectivity index (χ2n) is 12.3. The van der Waals surface area contributed by atoms with Crippen molar-refractivity contribution in [2.24, 2.45) is 0 Å². The molecule has 6 heterocycles. The van der Waals surface area contributed by atoms with Crippen LogP contribution < -0.4 is 33.7 Å². The molecular formula is C29H33ClF6N8O12. The van der Waals surface area contributed by atoms with E-state index < -0.39 is 107 Å². The molecule has 27 heteroatoms. The van der Waals surface area contributed by atoms with Crippen LogP contribution in [0.4, 0.5) is 26.3 Å². The number of nitrogens with zero attached hydrogens (tertiary/aromatic N) is 3. The summed E-state index contributed by atoms with van der Waals surface area (Å²) in [5.41, 5.74) is -9.14. The number of ether oxygens (including phenoxy) is 2. The molecule has 0 aromatic carbocycles. The van der Waals surface area contributed by atoms with Gasteiger partial charge in [0.1, 0.15) is 40.8 Å². The number of aliphatic hydroxyl groups is 4. The molecule has 0 aliphatic carbocycles. The first kappa shape index (κ1) is 43.9. The fourth-order valence-corrected chi connectivity index (χ4v) is 5.78. The molecule has 3 aliphatic rings. The highest BCUT2D eigenvalue weighted by atomic mass is 35.5. The standard InChI is InChI=1S/2C10H11F3N2O5.C9H11ClN4O2/c2*11-10(12,13)4-2-15(9(19)14-8(4)18)7-1-5(17)6(3-16)20-7;10-7-5(12-9(16)13-8(7)15)4-14-3-1-2-6(14)11/h2*2,5-7,16-17H,1,3H2,(H,14,18,19);11H,1-4H2,(H2,12,13,15,16)/t2*5-,6+,7+;/m00./s1. The number of halogens is 7. The molecule has 3 aliphatic heterocycles. The summed E-state index contributed by atoms with van der Waals surface area (Å²) in [6.07, 6.45) is -14.4. The zero-order valence-corrected chi connectivity index (χ0v) is 29.1. The Hall–Kier alpha value is -4.86. The van der Waals surface area contributed by atoms with Gasteiger partial charge in [0.25, 0.3) is 16.7 Å². The van der Waals surface area contributed by atoms with Gasteiger partial charge >= 0.3 is 29.4 Å². The van der Waals surface area contributed by atoms with Gasteiger partial charge in [-0.3, -0.25) is 43.9 Å². The number of aromatic amines is 4. The van der Waals surface area contributed by atoms with Crippen molar-refractivity contribution < 1.29 is 56.2 Å². The number of likely N-dealkylation sites (tertiary alicyclic amines) is 1. The van der Waals surface area contributed by atoms with Crippen LogP contribution in [0.2, 0.25) is 5.02 Å². The lowest BCUT2D eigenvalue weighted by atomic mass is 10.2. The third kappa shape index (κ3) is 10.3. The Morgan fingerprint density at radius 2 is 1.20 bits per heavy atom. The van der Waals surface area contributed by atoms with E-state index in [1.807, 2.05) is 4.98 Å². The van der Waals surface area contributed by atoms with Crippen molar-refractivity contribution >= 4 is 17.4 Å². The molecule has 3 aromatic heterocycles. The summed E-state index contributed by atoms with van der Waals surface area (Å²) in [6, 6.07) is 0. The summed E-state index contributed by atoms with van der Waals surface area (Å²) in [6.45, 7) is -0.0232. The molecule has 0 saturated carbocycles. The summed E-state index contributed by atoms with van der Waals surface area (Å²) in [5, 5.41) is 44.4. The Labute approximate surface area is 311 Å². The molecule has 0 amide bonds. The van der Waals surface area contributed by atoms with Crippen molar-refractivity contribution in [3.05, 3.63) is 96.8 Å². The van der Waals surface area contributed by atoms with E-state index >= 15 is 0 Å². The van der Waals surface area contributed by atoms with Crippen molar-refractivity contribution in [3.63, 3.8) is 0 Å². The quantitative estimate of drug-likeness (QED) is 0.130. The van der Waals surface area contributed by atoms with Gasteiger partial charge in [0.05, 0.1) is 43.5 Å². The normalized spacial score (nSPS) is 23.8. The third-order valence-corrected chi connectivity index (χ3v) is 8.86. The second kappa shape index (κ2) is 17.5. The van der Waals surface area contributed by atoms with Crippen molar-refractivity contribution in [2.75, 3.05) is 19.8 Å². The fourth-order valence-electron chi connectivity index (χ4n) is 5.63. The van der Waals surface area contributed by atoms with E-state index in [1.54, 1.807) is 14.9 Å². The second-order valence-corrected chi connectivity index (χ2v) is 12.7. The van der Waals surface area contributed by atoms with Crippen molar-refractivity contribution in [3.8, 4) is 0 Å². The van der Waals surface area contributed by atoms with E-state index in [-0.39, 0.29) is 17.9 Å². The van der Waals surface area contributed by atoms with Crippen LogP contribution in [0, 0.1) is 5.41 Å². The Bertz CT molecular complexity index is 2140. The molecule has 3 aromatic rings. The van der Waals surface area contributed by atoms with Crippen LogP contribution >= 0.6 is 11.6 Å². The number of amidine groups is 1. The predicted molar refractivity (Wildman–Crippen MR) is 176 cm³/mol. The van der Waals surface area contributed by atoms with E-state index in [0.717, 1.165) is 19.4 Å². The molecule has 0 unspecified atom stereocenters. The lowest BCUT2D eigenvalue weighted by Gasteiger charge is -2.17. The largest absolute Gasteiger partial charge is 0.423 e. The van der Waals surface area contributed by atoms with Gasteiger partial charge in [0, 0.05) is 38.2 Å². The molecule has 3 fully saturated rings. The minimum Gasteiger partial charge on any atom is -0.394 e. The molecule has 0 radical (unpaired) electrons. The van der Waals surface area contributed by atoms with Crippen LogP contribution in [-0.2, 0) is 28.4 Å². The number of hydrogen-bond donors (Lipinski definition) is 9. The first-order chi connectivity index (χ1) is 26.0. The number of nitrogens with one attached hydrogen (secondary N) is 5. The molecule has 9 N–H and O–H groups in total. The van der Waals surface area contributed by atoms with Crippen LogP contribution in [0.5, 0.6) is 0 Å². The third-order valence-electron chi connectivity index (χ3n) is 8.46. The molecule has 20 nitrogen and oxygen atoms in total. The highest BCUT2D eigenvalue weighted by Crippen LogP contribution is 2.31. The first-order valence-electron chi connectivity index (χ1n) is 16.1. The predicted octanol–water partition coefficient (Wildman–Crippen LogP) is -1.32. The molecule has 56 heavy (non-hydrogen) atoms. The average Bonchev–Trinajstić information content (AvgIpc) is 3.79. The maximum absolute atomic E-state index is 12.6. The van der Waals surface area contributed by atoms with Crippen LogP contribution in [0.15, 0.2) is 41.2 Å². The number of aliphatic hydroxyl groups excluding tert-OH is 4. The number of alkyl halides is 6.